The van der Waals surface area contributed by atoms with Gasteiger partial charge in [0.25, 0.3) is 0 Å². The fourth-order valence-corrected chi connectivity index (χ4v) is 4.92. The molecule has 0 radical (unpaired) electrons. The average molecular weight is 576 g/mol. The Labute approximate surface area is 246 Å². The first-order valence-corrected chi connectivity index (χ1v) is 14.1. The molecule has 0 bridgehead atoms. The number of H-pyrrole nitrogens is 1. The summed E-state index contributed by atoms with van der Waals surface area (Å²) in [5.41, 5.74) is 4.34. The van der Waals surface area contributed by atoms with Gasteiger partial charge in [0.1, 0.15) is 6.61 Å². The number of aromatic amines is 1. The number of nitrogens with zero attached hydrogens (tertiary/aromatic N) is 6. The molecule has 0 saturated carbocycles. The Morgan fingerprint density at radius 1 is 1.26 bits per heavy atom. The van der Waals surface area contributed by atoms with Crippen LogP contribution >= 0.6 is 0 Å². The second kappa shape index (κ2) is 13.4. The third-order valence-electron chi connectivity index (χ3n) is 7.45. The van der Waals surface area contributed by atoms with Crippen LogP contribution in [-0.2, 0) is 9.59 Å². The first-order chi connectivity index (χ1) is 20.1. The highest BCUT2D eigenvalue weighted by atomic mass is 16.5. The maximum absolute atomic E-state index is 12.2. The minimum Gasteiger partial charge on any atom is -0.484 e. The molecule has 0 saturated heterocycles. The summed E-state index contributed by atoms with van der Waals surface area (Å²) in [5, 5.41) is 14.5. The predicted molar refractivity (Wildman–Crippen MR) is 166 cm³/mol. The molecular formula is C30H41N9O3. The van der Waals surface area contributed by atoms with E-state index >= 15 is 0 Å². The smallest absolute Gasteiger partial charge is 0.243 e. The molecule has 3 heterocycles. The number of amides is 2. The van der Waals surface area contributed by atoms with Gasteiger partial charge in [-0.2, -0.15) is 15.1 Å². The van der Waals surface area contributed by atoms with Gasteiger partial charge in [0.2, 0.25) is 23.5 Å². The van der Waals surface area contributed by atoms with Gasteiger partial charge in [0.15, 0.2) is 11.6 Å². The molecule has 1 aliphatic rings. The van der Waals surface area contributed by atoms with Gasteiger partial charge in [0.05, 0.1) is 17.8 Å². The standard InChI is InChI=1S/C30H41N9O3/c1-8-19(3)17-39(15-14-31-24(40)9-2)29-27-28(34-30(35-29)32-13-12-25(41)37(5)6)38(7)23(18-42-27)26-20(4)10-11-22-21(26)16-33-36-22/h8-11,16,23H,2,12-15,17-18H2,1,3-7H3,(H,31,40)(H,33,36)(H,32,34,35)/b19-8-. The zero-order valence-electron chi connectivity index (χ0n) is 25.3. The Kier molecular flexibility index (Phi) is 9.66. The van der Waals surface area contributed by atoms with E-state index in [0.717, 1.165) is 27.6 Å². The third-order valence-corrected chi connectivity index (χ3v) is 7.45. The number of allylic oxidation sites excluding steroid dienone is 1. The van der Waals surface area contributed by atoms with E-state index in [1.54, 1.807) is 19.0 Å². The van der Waals surface area contributed by atoms with Crippen molar-refractivity contribution in [2.24, 2.45) is 0 Å². The van der Waals surface area contributed by atoms with Crippen LogP contribution in [0.15, 0.2) is 42.6 Å². The summed E-state index contributed by atoms with van der Waals surface area (Å²) in [7, 11) is 5.47. The van der Waals surface area contributed by atoms with Crippen molar-refractivity contribution in [3.63, 3.8) is 0 Å². The van der Waals surface area contributed by atoms with E-state index in [1.165, 1.54) is 6.08 Å². The normalized spacial score (nSPS) is 14.7. The van der Waals surface area contributed by atoms with Gasteiger partial charge in [-0.3, -0.25) is 14.7 Å². The number of hydrogen-bond donors (Lipinski definition) is 3. The Bertz CT molecular complexity index is 1480. The molecule has 2 aromatic heterocycles. The van der Waals surface area contributed by atoms with Crippen LogP contribution in [0.3, 0.4) is 0 Å². The molecular weight excluding hydrogens is 534 g/mol. The van der Waals surface area contributed by atoms with E-state index in [1.807, 2.05) is 39.2 Å². The number of benzene rings is 1. The van der Waals surface area contributed by atoms with Gasteiger partial charge in [-0.15, -0.1) is 0 Å². The van der Waals surface area contributed by atoms with Crippen molar-refractivity contribution >= 4 is 40.3 Å². The van der Waals surface area contributed by atoms with E-state index in [4.69, 9.17) is 14.7 Å². The van der Waals surface area contributed by atoms with E-state index < -0.39 is 0 Å². The van der Waals surface area contributed by atoms with E-state index in [-0.39, 0.29) is 17.9 Å². The summed E-state index contributed by atoms with van der Waals surface area (Å²) >= 11 is 0. The third kappa shape index (κ3) is 6.64. The van der Waals surface area contributed by atoms with Crippen molar-refractivity contribution in [3.05, 3.63) is 53.8 Å². The lowest BCUT2D eigenvalue weighted by Crippen LogP contribution is -2.39. The van der Waals surface area contributed by atoms with Crippen LogP contribution in [0.1, 0.15) is 37.4 Å². The van der Waals surface area contributed by atoms with Gasteiger partial charge < -0.3 is 30.1 Å². The number of fused-ring (bicyclic) bond motifs is 2. The van der Waals surface area contributed by atoms with Crippen molar-refractivity contribution < 1.29 is 14.3 Å². The lowest BCUT2D eigenvalue weighted by molar-refractivity contribution is -0.128. The first kappa shape index (κ1) is 30.4. The lowest BCUT2D eigenvalue weighted by atomic mass is 9.96. The minimum absolute atomic E-state index is 0.00757. The molecule has 0 spiro atoms. The SMILES string of the molecule is C=CC(=O)NCCN(C/C(C)=C\C)c1nc(NCCC(=O)N(C)C)nc2c1OCC(c1c(C)ccc3[nH]ncc13)N2C. The van der Waals surface area contributed by atoms with Gasteiger partial charge >= 0.3 is 0 Å². The summed E-state index contributed by atoms with van der Waals surface area (Å²) in [6.45, 7) is 11.9. The van der Waals surface area contributed by atoms with Crippen LogP contribution < -0.4 is 25.2 Å². The van der Waals surface area contributed by atoms with Crippen LogP contribution in [-0.4, -0.2) is 90.8 Å². The number of carbonyl (C=O) groups is 2. The summed E-state index contributed by atoms with van der Waals surface area (Å²) in [4.78, 5) is 39.6. The van der Waals surface area contributed by atoms with Crippen molar-refractivity contribution in [1.29, 1.82) is 0 Å². The number of ether oxygens (including phenoxy) is 1. The molecule has 1 aliphatic heterocycles. The van der Waals surface area contributed by atoms with Crippen LogP contribution in [0, 0.1) is 6.92 Å². The van der Waals surface area contributed by atoms with Gasteiger partial charge in [-0.25, -0.2) is 0 Å². The molecule has 0 aliphatic carbocycles. The molecule has 1 aromatic carbocycles. The maximum atomic E-state index is 12.2. The molecule has 1 unspecified atom stereocenters. The average Bonchev–Trinajstić information content (AvgIpc) is 3.45. The van der Waals surface area contributed by atoms with Crippen molar-refractivity contribution in [1.82, 2.24) is 30.4 Å². The number of likely N-dealkylation sites (N-methyl/N-ethyl adjacent to an activating group) is 1. The van der Waals surface area contributed by atoms with Crippen LogP contribution in [0.4, 0.5) is 17.6 Å². The lowest BCUT2D eigenvalue weighted by Gasteiger charge is -2.38. The number of carbonyl (C=O) groups excluding carboxylic acids is 2. The van der Waals surface area contributed by atoms with Crippen LogP contribution in [0.2, 0.25) is 0 Å². The number of nitrogens with one attached hydrogen (secondary N) is 3. The first-order valence-electron chi connectivity index (χ1n) is 14.1. The number of hydrogen-bond acceptors (Lipinski definition) is 9. The molecule has 4 rings (SSSR count). The Morgan fingerprint density at radius 3 is 2.76 bits per heavy atom. The number of anilines is 3. The second-order valence-electron chi connectivity index (χ2n) is 10.6. The van der Waals surface area contributed by atoms with E-state index in [0.29, 0.717) is 62.5 Å². The minimum atomic E-state index is -0.238. The van der Waals surface area contributed by atoms with Crippen molar-refractivity contribution in [2.45, 2.75) is 33.2 Å². The number of aromatic nitrogens is 4. The largest absolute Gasteiger partial charge is 0.484 e. The highest BCUT2D eigenvalue weighted by Gasteiger charge is 2.34. The summed E-state index contributed by atoms with van der Waals surface area (Å²) < 4.78 is 6.50. The van der Waals surface area contributed by atoms with Crippen molar-refractivity contribution in [2.75, 3.05) is 69.0 Å². The highest BCUT2D eigenvalue weighted by molar-refractivity contribution is 5.87. The monoisotopic (exact) mass is 575 g/mol. The predicted octanol–water partition coefficient (Wildman–Crippen LogP) is 3.20. The number of aryl methyl sites for hydroxylation is 1. The van der Waals surface area contributed by atoms with Gasteiger partial charge in [-0.05, 0) is 44.0 Å². The van der Waals surface area contributed by atoms with Crippen LogP contribution in [0.5, 0.6) is 5.75 Å². The van der Waals surface area contributed by atoms with E-state index in [2.05, 4.69) is 50.2 Å². The quantitative estimate of drug-likeness (QED) is 0.220. The Hall–Kier alpha value is -4.61. The summed E-state index contributed by atoms with van der Waals surface area (Å²) in [5.74, 6) is 1.98. The zero-order valence-corrected chi connectivity index (χ0v) is 25.3. The van der Waals surface area contributed by atoms with Crippen molar-refractivity contribution in [3.8, 4) is 5.75 Å². The molecule has 12 heteroatoms. The zero-order chi connectivity index (χ0) is 30.4. The summed E-state index contributed by atoms with van der Waals surface area (Å²) in [6, 6.07) is 3.99. The maximum Gasteiger partial charge on any atom is 0.243 e. The molecule has 2 amide bonds. The topological polar surface area (TPSA) is 132 Å². The highest BCUT2D eigenvalue weighted by Crippen LogP contribution is 2.44. The molecule has 42 heavy (non-hydrogen) atoms. The van der Waals surface area contributed by atoms with Gasteiger partial charge in [-0.1, -0.05) is 24.3 Å². The molecule has 12 nitrogen and oxygen atoms in total. The van der Waals surface area contributed by atoms with Crippen LogP contribution in [0.25, 0.3) is 10.9 Å². The molecule has 3 aromatic rings. The Morgan fingerprint density at radius 2 is 2.05 bits per heavy atom. The molecule has 0 fully saturated rings. The summed E-state index contributed by atoms with van der Waals surface area (Å²) in [6.07, 6.45) is 5.45. The fourth-order valence-electron chi connectivity index (χ4n) is 4.92. The molecule has 224 valence electrons. The second-order valence-corrected chi connectivity index (χ2v) is 10.6. The Balaban J connectivity index is 1.75. The van der Waals surface area contributed by atoms with Gasteiger partial charge in [0, 0.05) is 59.1 Å². The molecule has 1 atom stereocenters. The number of rotatable bonds is 12. The fraction of sp³-hybridized carbons (Fsp3) is 0.433. The van der Waals surface area contributed by atoms with E-state index in [9.17, 15) is 9.59 Å². The molecule has 3 N–H and O–H groups in total.